The topological polar surface area (TPSA) is 61.8 Å². The summed E-state index contributed by atoms with van der Waals surface area (Å²) in [5.74, 6) is 0.427. The first kappa shape index (κ1) is 13.8. The maximum absolute atomic E-state index is 12.5. The van der Waals surface area contributed by atoms with Crippen molar-refractivity contribution in [1.82, 2.24) is 10.2 Å². The Bertz CT molecular complexity index is 476. The van der Waals surface area contributed by atoms with Gasteiger partial charge in [0.2, 0.25) is 0 Å². The number of nitrogens with zero attached hydrogens (tertiary/aromatic N) is 1. The second kappa shape index (κ2) is 5.59. The molecule has 0 radical (unpaired) electrons. The Morgan fingerprint density at radius 1 is 1.47 bits per heavy atom. The standard InChI is InChI=1S/C14H20N2O3/c1-9-4-5-13(19-3)10(6-9)14(18)16(2)11-7-15-8-12(11)17/h4-6,11-12,15,17H,7-8H2,1-3H3/t11-,12-/m1/s1. The average molecular weight is 264 g/mol. The van der Waals surface area contributed by atoms with Crippen LogP contribution in [0.5, 0.6) is 5.75 Å². The maximum Gasteiger partial charge on any atom is 0.257 e. The molecule has 1 heterocycles. The molecule has 19 heavy (non-hydrogen) atoms. The molecule has 0 aliphatic carbocycles. The number of hydrogen-bond acceptors (Lipinski definition) is 4. The fourth-order valence-electron chi connectivity index (χ4n) is 2.38. The van der Waals surface area contributed by atoms with Crippen molar-refractivity contribution >= 4 is 5.91 Å². The second-order valence-electron chi connectivity index (χ2n) is 4.91. The van der Waals surface area contributed by atoms with E-state index < -0.39 is 6.10 Å². The Hall–Kier alpha value is -1.59. The summed E-state index contributed by atoms with van der Waals surface area (Å²) in [5.41, 5.74) is 1.53. The third-order valence-electron chi connectivity index (χ3n) is 3.55. The number of likely N-dealkylation sites (N-methyl/N-ethyl adjacent to an activating group) is 1. The van der Waals surface area contributed by atoms with Crippen LogP contribution in [0.3, 0.4) is 0 Å². The molecule has 0 spiro atoms. The van der Waals surface area contributed by atoms with Crippen LogP contribution in [0.15, 0.2) is 18.2 Å². The lowest BCUT2D eigenvalue weighted by molar-refractivity contribution is 0.0578. The first-order chi connectivity index (χ1) is 9.04. The van der Waals surface area contributed by atoms with Gasteiger partial charge in [0.1, 0.15) is 5.75 Å². The molecule has 0 unspecified atom stereocenters. The molecule has 2 rings (SSSR count). The van der Waals surface area contributed by atoms with Gasteiger partial charge in [-0.25, -0.2) is 0 Å². The maximum atomic E-state index is 12.5. The summed E-state index contributed by atoms with van der Waals surface area (Å²) in [4.78, 5) is 14.1. The van der Waals surface area contributed by atoms with Gasteiger partial charge in [-0.15, -0.1) is 0 Å². The van der Waals surface area contributed by atoms with Gasteiger partial charge in [-0.05, 0) is 19.1 Å². The molecular formula is C14H20N2O3. The van der Waals surface area contributed by atoms with Gasteiger partial charge in [0, 0.05) is 20.1 Å². The highest BCUT2D eigenvalue weighted by molar-refractivity contribution is 5.97. The fourth-order valence-corrected chi connectivity index (χ4v) is 2.38. The number of ether oxygens (including phenoxy) is 1. The number of hydrogen-bond donors (Lipinski definition) is 2. The lowest BCUT2D eigenvalue weighted by atomic mass is 10.1. The van der Waals surface area contributed by atoms with Crippen LogP contribution >= 0.6 is 0 Å². The lowest BCUT2D eigenvalue weighted by Crippen LogP contribution is -2.44. The Labute approximate surface area is 113 Å². The Morgan fingerprint density at radius 2 is 2.21 bits per heavy atom. The molecule has 2 atom stereocenters. The molecule has 1 aliphatic rings. The number of amides is 1. The Kier molecular flexibility index (Phi) is 4.07. The van der Waals surface area contributed by atoms with Crippen LogP contribution in [0.25, 0.3) is 0 Å². The number of rotatable bonds is 3. The van der Waals surface area contributed by atoms with Crippen LogP contribution < -0.4 is 10.1 Å². The van der Waals surface area contributed by atoms with Crippen LogP contribution in [0.4, 0.5) is 0 Å². The van der Waals surface area contributed by atoms with E-state index in [-0.39, 0.29) is 11.9 Å². The van der Waals surface area contributed by atoms with Crippen molar-refractivity contribution in [3.05, 3.63) is 29.3 Å². The number of benzene rings is 1. The fraction of sp³-hybridized carbons (Fsp3) is 0.500. The summed E-state index contributed by atoms with van der Waals surface area (Å²) in [6.07, 6.45) is -0.523. The number of β-amino-alcohol motifs (C(OH)–C–C–N with tert-alkyl or cyclic N) is 1. The van der Waals surface area contributed by atoms with E-state index in [4.69, 9.17) is 4.74 Å². The molecule has 104 valence electrons. The number of aliphatic hydroxyl groups excluding tert-OH is 1. The molecule has 1 aromatic carbocycles. The summed E-state index contributed by atoms with van der Waals surface area (Å²) in [6.45, 7) is 3.06. The van der Waals surface area contributed by atoms with Crippen LogP contribution in [0.1, 0.15) is 15.9 Å². The summed E-state index contributed by atoms with van der Waals surface area (Å²) in [7, 11) is 3.26. The molecule has 1 aromatic rings. The van der Waals surface area contributed by atoms with E-state index in [1.54, 1.807) is 25.1 Å². The van der Waals surface area contributed by atoms with Gasteiger partial charge in [-0.1, -0.05) is 11.6 Å². The Morgan fingerprint density at radius 3 is 2.79 bits per heavy atom. The van der Waals surface area contributed by atoms with Gasteiger partial charge in [0.25, 0.3) is 5.91 Å². The summed E-state index contributed by atoms with van der Waals surface area (Å²) in [6, 6.07) is 5.31. The van der Waals surface area contributed by atoms with Crippen molar-refractivity contribution in [3.8, 4) is 5.75 Å². The molecule has 2 N–H and O–H groups in total. The van der Waals surface area contributed by atoms with Crippen molar-refractivity contribution in [1.29, 1.82) is 0 Å². The largest absolute Gasteiger partial charge is 0.496 e. The summed E-state index contributed by atoms with van der Waals surface area (Å²) < 4.78 is 5.24. The second-order valence-corrected chi connectivity index (χ2v) is 4.91. The van der Waals surface area contributed by atoms with Gasteiger partial charge in [0.05, 0.1) is 24.8 Å². The molecule has 5 nitrogen and oxygen atoms in total. The highest BCUT2D eigenvalue weighted by atomic mass is 16.5. The van der Waals surface area contributed by atoms with Gasteiger partial charge < -0.3 is 20.1 Å². The quantitative estimate of drug-likeness (QED) is 0.830. The number of carbonyl (C=O) groups excluding carboxylic acids is 1. The van der Waals surface area contributed by atoms with Gasteiger partial charge in [0.15, 0.2) is 0 Å². The third kappa shape index (κ3) is 2.72. The highest BCUT2D eigenvalue weighted by Gasteiger charge is 2.32. The predicted molar refractivity (Wildman–Crippen MR) is 72.5 cm³/mol. The van der Waals surface area contributed by atoms with Gasteiger partial charge in [-0.3, -0.25) is 4.79 Å². The predicted octanol–water partition coefficient (Wildman–Crippen LogP) is 0.408. The number of carbonyl (C=O) groups is 1. The minimum atomic E-state index is -0.523. The van der Waals surface area contributed by atoms with Crippen molar-refractivity contribution in [2.45, 2.75) is 19.1 Å². The van der Waals surface area contributed by atoms with Gasteiger partial charge >= 0.3 is 0 Å². The van der Waals surface area contributed by atoms with Crippen molar-refractivity contribution in [2.24, 2.45) is 0 Å². The minimum Gasteiger partial charge on any atom is -0.496 e. The molecule has 1 aliphatic heterocycles. The Balaban J connectivity index is 2.25. The summed E-state index contributed by atoms with van der Waals surface area (Å²) >= 11 is 0. The monoisotopic (exact) mass is 264 g/mol. The molecule has 5 heteroatoms. The smallest absolute Gasteiger partial charge is 0.257 e. The molecule has 0 bridgehead atoms. The van der Waals surface area contributed by atoms with E-state index >= 15 is 0 Å². The van der Waals surface area contributed by atoms with E-state index in [0.29, 0.717) is 24.4 Å². The zero-order valence-electron chi connectivity index (χ0n) is 11.5. The van der Waals surface area contributed by atoms with E-state index in [1.165, 1.54) is 0 Å². The van der Waals surface area contributed by atoms with Crippen molar-refractivity contribution in [2.75, 3.05) is 27.2 Å². The van der Waals surface area contributed by atoms with Crippen LogP contribution in [0, 0.1) is 6.92 Å². The van der Waals surface area contributed by atoms with E-state index in [2.05, 4.69) is 5.32 Å². The first-order valence-electron chi connectivity index (χ1n) is 6.35. The average Bonchev–Trinajstić information content (AvgIpc) is 2.83. The zero-order chi connectivity index (χ0) is 14.0. The van der Waals surface area contributed by atoms with E-state index in [1.807, 2.05) is 19.1 Å². The summed E-state index contributed by atoms with van der Waals surface area (Å²) in [5, 5.41) is 12.9. The highest BCUT2D eigenvalue weighted by Crippen LogP contribution is 2.22. The number of methoxy groups -OCH3 is 1. The SMILES string of the molecule is COc1ccc(C)cc1C(=O)N(C)[C@@H]1CNC[C@H]1O. The van der Waals surface area contributed by atoms with Crippen molar-refractivity contribution in [3.63, 3.8) is 0 Å². The third-order valence-corrected chi connectivity index (χ3v) is 3.55. The molecular weight excluding hydrogens is 244 g/mol. The van der Waals surface area contributed by atoms with E-state index in [0.717, 1.165) is 5.56 Å². The van der Waals surface area contributed by atoms with Crippen molar-refractivity contribution < 1.29 is 14.6 Å². The normalized spacial score (nSPS) is 22.3. The van der Waals surface area contributed by atoms with E-state index in [9.17, 15) is 9.90 Å². The minimum absolute atomic E-state index is 0.131. The van der Waals surface area contributed by atoms with Crippen LogP contribution in [-0.2, 0) is 0 Å². The number of aryl methyl sites for hydroxylation is 1. The number of nitrogens with one attached hydrogen (secondary N) is 1. The van der Waals surface area contributed by atoms with Crippen LogP contribution in [-0.4, -0.2) is 55.3 Å². The molecule has 0 saturated carbocycles. The number of aliphatic hydroxyl groups is 1. The van der Waals surface area contributed by atoms with Crippen LogP contribution in [0.2, 0.25) is 0 Å². The molecule has 1 saturated heterocycles. The lowest BCUT2D eigenvalue weighted by Gasteiger charge is -2.27. The molecule has 1 fully saturated rings. The zero-order valence-corrected chi connectivity index (χ0v) is 11.5. The molecule has 1 amide bonds. The first-order valence-corrected chi connectivity index (χ1v) is 6.35. The van der Waals surface area contributed by atoms with Gasteiger partial charge in [-0.2, -0.15) is 0 Å². The molecule has 0 aromatic heterocycles.